The fourth-order valence-electron chi connectivity index (χ4n) is 1.51. The highest BCUT2D eigenvalue weighted by molar-refractivity contribution is 8.00. The minimum absolute atomic E-state index is 0.133. The number of hydrogen-bond acceptors (Lipinski definition) is 2. The summed E-state index contributed by atoms with van der Waals surface area (Å²) in [5, 5.41) is 0.478. The summed E-state index contributed by atoms with van der Waals surface area (Å²) in [6.45, 7) is 0. The molecule has 0 saturated carbocycles. The van der Waals surface area contributed by atoms with Crippen molar-refractivity contribution in [3.63, 3.8) is 0 Å². The monoisotopic (exact) mass is 231 g/mol. The average Bonchev–Trinajstić information content (AvgIpc) is 2.07. The van der Waals surface area contributed by atoms with E-state index < -0.39 is 0 Å². The van der Waals surface area contributed by atoms with E-state index in [1.54, 1.807) is 6.07 Å². The summed E-state index contributed by atoms with van der Waals surface area (Å²) in [4.78, 5) is 0. The van der Waals surface area contributed by atoms with E-state index in [-0.39, 0.29) is 11.4 Å². The molecule has 0 radical (unpaired) electrons. The molecule has 1 fully saturated rings. The molecule has 0 atom stereocenters. The molecule has 4 heteroatoms. The van der Waals surface area contributed by atoms with Crippen LogP contribution in [0.3, 0.4) is 0 Å². The third-order valence-electron chi connectivity index (χ3n) is 2.34. The Morgan fingerprint density at radius 2 is 2.21 bits per heavy atom. The van der Waals surface area contributed by atoms with Crippen LogP contribution in [0.4, 0.5) is 4.39 Å². The van der Waals surface area contributed by atoms with Crippen LogP contribution in [0.1, 0.15) is 5.56 Å². The number of thioether (sulfide) groups is 1. The van der Waals surface area contributed by atoms with E-state index in [4.69, 9.17) is 17.3 Å². The van der Waals surface area contributed by atoms with E-state index in [1.807, 2.05) is 11.8 Å². The average molecular weight is 232 g/mol. The van der Waals surface area contributed by atoms with Gasteiger partial charge in [-0.1, -0.05) is 17.7 Å². The van der Waals surface area contributed by atoms with Crippen molar-refractivity contribution in [2.75, 3.05) is 11.5 Å². The molecule has 1 heterocycles. The third-order valence-corrected chi connectivity index (χ3v) is 4.25. The Labute approximate surface area is 91.8 Å². The molecule has 76 valence electrons. The Kier molecular flexibility index (Phi) is 2.73. The van der Waals surface area contributed by atoms with Gasteiger partial charge in [0.05, 0.1) is 0 Å². The second-order valence-electron chi connectivity index (χ2n) is 3.77. The molecule has 1 aromatic carbocycles. The van der Waals surface area contributed by atoms with Crippen molar-refractivity contribution < 1.29 is 4.39 Å². The third kappa shape index (κ3) is 2.05. The van der Waals surface area contributed by atoms with Crippen LogP contribution in [-0.4, -0.2) is 17.0 Å². The fourth-order valence-corrected chi connectivity index (χ4v) is 2.68. The summed E-state index contributed by atoms with van der Waals surface area (Å²) >= 11 is 7.74. The Hall–Kier alpha value is -0.250. The number of nitrogens with two attached hydrogens (primary N) is 1. The summed E-state index contributed by atoms with van der Waals surface area (Å²) in [5.74, 6) is 1.62. The highest BCUT2D eigenvalue weighted by atomic mass is 35.5. The van der Waals surface area contributed by atoms with Crippen molar-refractivity contribution in [3.8, 4) is 0 Å². The van der Waals surface area contributed by atoms with Gasteiger partial charge in [-0.05, 0) is 24.1 Å². The molecule has 1 nitrogen and oxygen atoms in total. The van der Waals surface area contributed by atoms with E-state index in [1.165, 1.54) is 12.1 Å². The maximum absolute atomic E-state index is 12.8. The lowest BCUT2D eigenvalue weighted by atomic mass is 9.95. The van der Waals surface area contributed by atoms with Gasteiger partial charge in [-0.25, -0.2) is 4.39 Å². The predicted molar refractivity (Wildman–Crippen MR) is 59.4 cm³/mol. The molecule has 0 bridgehead atoms. The second kappa shape index (κ2) is 3.72. The zero-order chi connectivity index (χ0) is 10.2. The van der Waals surface area contributed by atoms with E-state index in [0.717, 1.165) is 23.5 Å². The van der Waals surface area contributed by atoms with Crippen LogP contribution in [0.25, 0.3) is 0 Å². The van der Waals surface area contributed by atoms with Gasteiger partial charge in [-0.15, -0.1) is 0 Å². The van der Waals surface area contributed by atoms with Gasteiger partial charge in [0.2, 0.25) is 0 Å². The van der Waals surface area contributed by atoms with Gasteiger partial charge in [0.15, 0.2) is 0 Å². The normalized spacial score (nSPS) is 19.1. The first-order valence-corrected chi connectivity index (χ1v) is 5.93. The van der Waals surface area contributed by atoms with Gasteiger partial charge in [0.25, 0.3) is 0 Å². The van der Waals surface area contributed by atoms with Gasteiger partial charge in [0, 0.05) is 22.1 Å². The van der Waals surface area contributed by atoms with Gasteiger partial charge in [-0.3, -0.25) is 0 Å². The lowest BCUT2D eigenvalue weighted by Crippen LogP contribution is -2.53. The minimum atomic E-state index is -0.298. The van der Waals surface area contributed by atoms with Gasteiger partial charge in [-0.2, -0.15) is 11.8 Å². The van der Waals surface area contributed by atoms with Crippen LogP contribution >= 0.6 is 23.4 Å². The maximum Gasteiger partial charge on any atom is 0.124 e. The van der Waals surface area contributed by atoms with Crippen LogP contribution in [0.5, 0.6) is 0 Å². The Morgan fingerprint density at radius 3 is 2.71 bits per heavy atom. The highest BCUT2D eigenvalue weighted by Crippen LogP contribution is 2.32. The van der Waals surface area contributed by atoms with E-state index in [9.17, 15) is 4.39 Å². The molecule has 1 aliphatic heterocycles. The molecule has 0 unspecified atom stereocenters. The molecule has 1 saturated heterocycles. The van der Waals surface area contributed by atoms with E-state index >= 15 is 0 Å². The Morgan fingerprint density at radius 1 is 1.50 bits per heavy atom. The molecule has 14 heavy (non-hydrogen) atoms. The minimum Gasteiger partial charge on any atom is -0.323 e. The summed E-state index contributed by atoms with van der Waals surface area (Å²) in [6, 6.07) is 4.48. The van der Waals surface area contributed by atoms with Crippen molar-refractivity contribution in [1.29, 1.82) is 0 Å². The lowest BCUT2D eigenvalue weighted by Gasteiger charge is -2.37. The first kappa shape index (κ1) is 10.3. The first-order chi connectivity index (χ1) is 6.59. The second-order valence-corrected chi connectivity index (χ2v) is 5.16. The van der Waals surface area contributed by atoms with Gasteiger partial charge >= 0.3 is 0 Å². The number of benzene rings is 1. The molecule has 0 spiro atoms. The predicted octanol–water partition coefficient (Wildman–Crippen LogP) is 2.47. The van der Waals surface area contributed by atoms with Crippen LogP contribution in [0, 0.1) is 5.82 Å². The highest BCUT2D eigenvalue weighted by Gasteiger charge is 2.33. The summed E-state index contributed by atoms with van der Waals surface area (Å²) < 4.78 is 12.8. The van der Waals surface area contributed by atoms with Crippen molar-refractivity contribution in [1.82, 2.24) is 0 Å². The number of hydrogen-bond donors (Lipinski definition) is 1. The molecule has 2 rings (SSSR count). The summed E-state index contributed by atoms with van der Waals surface area (Å²) in [5.41, 5.74) is 6.88. The molecule has 0 aromatic heterocycles. The van der Waals surface area contributed by atoms with Crippen LogP contribution < -0.4 is 5.73 Å². The van der Waals surface area contributed by atoms with Gasteiger partial charge < -0.3 is 5.73 Å². The zero-order valence-corrected chi connectivity index (χ0v) is 9.17. The topological polar surface area (TPSA) is 26.0 Å². The van der Waals surface area contributed by atoms with Crippen molar-refractivity contribution in [2.24, 2.45) is 5.73 Å². The number of halogens is 2. The Balaban J connectivity index is 2.16. The summed E-state index contributed by atoms with van der Waals surface area (Å²) in [7, 11) is 0. The largest absolute Gasteiger partial charge is 0.323 e. The SMILES string of the molecule is NC1(Cc2ccc(F)cc2Cl)CSC1. The molecular formula is C10H11ClFNS. The van der Waals surface area contributed by atoms with Crippen molar-refractivity contribution >= 4 is 23.4 Å². The molecule has 1 aromatic rings. The summed E-state index contributed by atoms with van der Waals surface area (Å²) in [6.07, 6.45) is 0.735. The molecular weight excluding hydrogens is 221 g/mol. The van der Waals surface area contributed by atoms with Crippen molar-refractivity contribution in [3.05, 3.63) is 34.6 Å². The molecule has 1 aliphatic rings. The number of rotatable bonds is 2. The maximum atomic E-state index is 12.8. The van der Waals surface area contributed by atoms with E-state index in [2.05, 4.69) is 0 Å². The van der Waals surface area contributed by atoms with Crippen LogP contribution in [-0.2, 0) is 6.42 Å². The standard InChI is InChI=1S/C10H11ClFNS/c11-9-3-8(12)2-1-7(9)4-10(13)5-14-6-10/h1-3H,4-6,13H2. The van der Waals surface area contributed by atoms with Gasteiger partial charge in [0.1, 0.15) is 5.82 Å². The molecule has 0 aliphatic carbocycles. The lowest BCUT2D eigenvalue weighted by molar-refractivity contribution is 0.509. The Bertz CT molecular complexity index is 352. The molecule has 2 N–H and O–H groups in total. The quantitative estimate of drug-likeness (QED) is 0.846. The van der Waals surface area contributed by atoms with Crippen LogP contribution in [0.2, 0.25) is 5.02 Å². The zero-order valence-electron chi connectivity index (χ0n) is 7.59. The fraction of sp³-hybridized carbons (Fsp3) is 0.400. The molecule has 0 amide bonds. The first-order valence-electron chi connectivity index (χ1n) is 4.40. The van der Waals surface area contributed by atoms with Crippen molar-refractivity contribution in [2.45, 2.75) is 12.0 Å². The van der Waals surface area contributed by atoms with E-state index in [0.29, 0.717) is 5.02 Å². The smallest absolute Gasteiger partial charge is 0.124 e. The van der Waals surface area contributed by atoms with Crippen LogP contribution in [0.15, 0.2) is 18.2 Å².